The van der Waals surface area contributed by atoms with E-state index in [-0.39, 0.29) is 12.0 Å². The van der Waals surface area contributed by atoms with Gasteiger partial charge in [0.15, 0.2) is 0 Å². The predicted molar refractivity (Wildman–Crippen MR) is 93.4 cm³/mol. The Morgan fingerprint density at radius 3 is 2.88 bits per heavy atom. The maximum atomic E-state index is 5.83. The van der Waals surface area contributed by atoms with E-state index in [0.29, 0.717) is 24.9 Å². The van der Waals surface area contributed by atoms with E-state index in [1.54, 1.807) is 0 Å². The average Bonchev–Trinajstić information content (AvgIpc) is 3.31. The van der Waals surface area contributed by atoms with Crippen LogP contribution in [0, 0.1) is 12.8 Å². The second-order valence-electron chi connectivity index (χ2n) is 6.65. The summed E-state index contributed by atoms with van der Waals surface area (Å²) in [5.74, 6) is 1.37. The van der Waals surface area contributed by atoms with Crippen molar-refractivity contribution in [1.82, 2.24) is 10.1 Å². The molecular formula is C18H24N4O3. The summed E-state index contributed by atoms with van der Waals surface area (Å²) in [4.78, 5) is 6.95. The Balaban J connectivity index is 1.66. The number of rotatable bonds is 4. The predicted octanol–water partition coefficient (Wildman–Crippen LogP) is 1.92. The third kappa shape index (κ3) is 3.27. The fourth-order valence-electron chi connectivity index (χ4n) is 3.51. The van der Waals surface area contributed by atoms with Gasteiger partial charge in [-0.15, -0.1) is 0 Å². The van der Waals surface area contributed by atoms with Crippen LogP contribution in [0.5, 0.6) is 0 Å². The summed E-state index contributed by atoms with van der Waals surface area (Å²) < 4.78 is 16.7. The first kappa shape index (κ1) is 16.5. The van der Waals surface area contributed by atoms with E-state index >= 15 is 0 Å². The van der Waals surface area contributed by atoms with Gasteiger partial charge in [-0.1, -0.05) is 11.2 Å². The van der Waals surface area contributed by atoms with Gasteiger partial charge in [-0.25, -0.2) is 0 Å². The van der Waals surface area contributed by atoms with Gasteiger partial charge >= 0.3 is 0 Å². The Bertz CT molecular complexity index is 727. The second-order valence-corrected chi connectivity index (χ2v) is 6.65. The normalized spacial score (nSPS) is 24.0. The van der Waals surface area contributed by atoms with E-state index in [1.807, 2.05) is 0 Å². The van der Waals surface area contributed by atoms with E-state index in [9.17, 15) is 0 Å². The minimum absolute atomic E-state index is 0.191. The Labute approximate surface area is 147 Å². The summed E-state index contributed by atoms with van der Waals surface area (Å²) in [5, 5.41) is 4.22. The van der Waals surface area contributed by atoms with E-state index in [4.69, 9.17) is 19.7 Å². The van der Waals surface area contributed by atoms with Crippen molar-refractivity contribution in [3.63, 3.8) is 0 Å². The van der Waals surface area contributed by atoms with E-state index in [0.717, 1.165) is 44.0 Å². The molecule has 2 fully saturated rings. The average molecular weight is 344 g/mol. The summed E-state index contributed by atoms with van der Waals surface area (Å²) in [7, 11) is 0. The minimum atomic E-state index is -0.191. The van der Waals surface area contributed by atoms with Crippen molar-refractivity contribution in [3.8, 4) is 11.4 Å². The van der Waals surface area contributed by atoms with Gasteiger partial charge in [0, 0.05) is 36.9 Å². The van der Waals surface area contributed by atoms with Crippen LogP contribution < -0.4 is 10.6 Å². The van der Waals surface area contributed by atoms with Crippen LogP contribution in [0.4, 0.5) is 5.69 Å². The van der Waals surface area contributed by atoms with Crippen LogP contribution in [0.1, 0.15) is 24.0 Å². The smallest absolute Gasteiger partial charge is 0.256 e. The molecule has 0 saturated carbocycles. The first-order valence-electron chi connectivity index (χ1n) is 8.85. The Hall–Kier alpha value is -1.96. The van der Waals surface area contributed by atoms with Gasteiger partial charge in [-0.2, -0.15) is 4.98 Å². The lowest BCUT2D eigenvalue weighted by Gasteiger charge is -2.30. The number of hydrogen-bond acceptors (Lipinski definition) is 7. The summed E-state index contributed by atoms with van der Waals surface area (Å²) in [5.41, 5.74) is 9.13. The lowest BCUT2D eigenvalue weighted by atomic mass is 10.0. The van der Waals surface area contributed by atoms with Crippen LogP contribution in [0.25, 0.3) is 11.4 Å². The molecule has 0 spiro atoms. The molecule has 7 heteroatoms. The number of morpholine rings is 1. The molecule has 25 heavy (non-hydrogen) atoms. The molecule has 1 aromatic carbocycles. The van der Waals surface area contributed by atoms with Gasteiger partial charge in [0.2, 0.25) is 5.82 Å². The highest BCUT2D eigenvalue weighted by Crippen LogP contribution is 2.35. The molecule has 2 aliphatic rings. The van der Waals surface area contributed by atoms with Crippen molar-refractivity contribution in [2.45, 2.75) is 19.4 Å². The standard InChI is InChI=1S/C18H24N4O3/c1-12-2-3-14(15(10-12)22-5-8-23-9-6-22)17-20-18(25-21-17)16-13(11-19)4-7-24-16/h2-3,10,13,16H,4-9,11,19H2,1H3/t13-,16-/m0/s1. The molecule has 0 bridgehead atoms. The number of nitrogens with two attached hydrogens (primary N) is 1. The van der Waals surface area contributed by atoms with Crippen molar-refractivity contribution in [2.24, 2.45) is 11.7 Å². The van der Waals surface area contributed by atoms with Crippen molar-refractivity contribution in [1.29, 1.82) is 0 Å². The highest BCUT2D eigenvalue weighted by molar-refractivity contribution is 5.75. The highest BCUT2D eigenvalue weighted by atomic mass is 16.5. The molecule has 2 saturated heterocycles. The first-order valence-corrected chi connectivity index (χ1v) is 8.85. The van der Waals surface area contributed by atoms with Crippen LogP contribution in [-0.2, 0) is 9.47 Å². The van der Waals surface area contributed by atoms with Crippen LogP contribution >= 0.6 is 0 Å². The van der Waals surface area contributed by atoms with Crippen molar-refractivity contribution in [3.05, 3.63) is 29.7 Å². The Morgan fingerprint density at radius 1 is 1.24 bits per heavy atom. The van der Waals surface area contributed by atoms with Crippen molar-refractivity contribution in [2.75, 3.05) is 44.4 Å². The number of aryl methyl sites for hydroxylation is 1. The molecule has 3 heterocycles. The summed E-state index contributed by atoms with van der Waals surface area (Å²) in [6.07, 6.45) is 0.742. The lowest BCUT2D eigenvalue weighted by Crippen LogP contribution is -2.36. The monoisotopic (exact) mass is 344 g/mol. The largest absolute Gasteiger partial charge is 0.378 e. The van der Waals surface area contributed by atoms with E-state index < -0.39 is 0 Å². The molecule has 1 aromatic heterocycles. The summed E-state index contributed by atoms with van der Waals surface area (Å²) >= 11 is 0. The molecule has 2 aliphatic heterocycles. The van der Waals surface area contributed by atoms with Gasteiger partial charge in [-0.3, -0.25) is 0 Å². The van der Waals surface area contributed by atoms with Gasteiger partial charge in [-0.05, 0) is 37.6 Å². The highest BCUT2D eigenvalue weighted by Gasteiger charge is 2.33. The van der Waals surface area contributed by atoms with Gasteiger partial charge in [0.05, 0.1) is 13.2 Å². The summed E-state index contributed by atoms with van der Waals surface area (Å²) in [6.45, 7) is 6.54. The second kappa shape index (κ2) is 7.11. The molecule has 2 N–H and O–H groups in total. The SMILES string of the molecule is Cc1ccc(-c2noc([C@H]3OCC[C@H]3CN)n2)c(N2CCOCC2)c1. The maximum Gasteiger partial charge on any atom is 0.256 e. The lowest BCUT2D eigenvalue weighted by molar-refractivity contribution is 0.0642. The molecule has 0 unspecified atom stereocenters. The van der Waals surface area contributed by atoms with Crippen LogP contribution in [0.3, 0.4) is 0 Å². The fraction of sp³-hybridized carbons (Fsp3) is 0.556. The van der Waals surface area contributed by atoms with E-state index in [2.05, 4.69) is 40.2 Å². The molecule has 7 nitrogen and oxygen atoms in total. The Kier molecular flexibility index (Phi) is 4.70. The quantitative estimate of drug-likeness (QED) is 0.906. The van der Waals surface area contributed by atoms with Gasteiger partial charge in [0.1, 0.15) is 6.10 Å². The third-order valence-electron chi connectivity index (χ3n) is 4.95. The zero-order chi connectivity index (χ0) is 17.2. The molecule has 4 rings (SSSR count). The Morgan fingerprint density at radius 2 is 2.08 bits per heavy atom. The number of aromatic nitrogens is 2. The number of hydrogen-bond donors (Lipinski definition) is 1. The number of benzene rings is 1. The molecule has 0 aliphatic carbocycles. The van der Waals surface area contributed by atoms with Crippen LogP contribution in [0.15, 0.2) is 22.7 Å². The molecule has 134 valence electrons. The fourth-order valence-corrected chi connectivity index (χ4v) is 3.51. The zero-order valence-corrected chi connectivity index (χ0v) is 14.5. The molecule has 2 aromatic rings. The summed E-state index contributed by atoms with van der Waals surface area (Å²) in [6, 6.07) is 6.31. The minimum Gasteiger partial charge on any atom is -0.378 e. The first-order chi connectivity index (χ1) is 12.3. The molecule has 0 radical (unpaired) electrons. The molecule has 2 atom stereocenters. The van der Waals surface area contributed by atoms with Crippen molar-refractivity contribution < 1.29 is 14.0 Å². The third-order valence-corrected chi connectivity index (χ3v) is 4.95. The van der Waals surface area contributed by atoms with Crippen molar-refractivity contribution >= 4 is 5.69 Å². The number of ether oxygens (including phenoxy) is 2. The van der Waals surface area contributed by atoms with E-state index in [1.165, 1.54) is 5.56 Å². The molecule has 0 amide bonds. The van der Waals surface area contributed by atoms with Crippen LogP contribution in [-0.4, -0.2) is 49.6 Å². The van der Waals surface area contributed by atoms with Crippen LogP contribution in [0.2, 0.25) is 0 Å². The zero-order valence-electron chi connectivity index (χ0n) is 14.5. The maximum absolute atomic E-state index is 5.83. The van der Waals surface area contributed by atoms with Gasteiger partial charge < -0.3 is 24.6 Å². The number of anilines is 1. The number of nitrogens with zero attached hydrogens (tertiary/aromatic N) is 3. The van der Waals surface area contributed by atoms with Gasteiger partial charge in [0.25, 0.3) is 5.89 Å². The topological polar surface area (TPSA) is 86.6 Å². The molecular weight excluding hydrogens is 320 g/mol.